The number of carboxylic acid groups (broad SMARTS) is 1. The average molecular weight is 224 g/mol. The highest BCUT2D eigenvalue weighted by molar-refractivity contribution is 5.79. The molecule has 0 amide bonds. The minimum absolute atomic E-state index is 0.191. The molecule has 0 aromatic heterocycles. The fourth-order valence-electron chi connectivity index (χ4n) is 1.39. The fourth-order valence-corrected chi connectivity index (χ4v) is 1.39. The summed E-state index contributed by atoms with van der Waals surface area (Å²) in [5, 5.41) is 8.96. The van der Waals surface area contributed by atoms with Crippen molar-refractivity contribution < 1.29 is 19.1 Å². The minimum atomic E-state index is -0.977. The van der Waals surface area contributed by atoms with Crippen molar-refractivity contribution in [3.63, 3.8) is 0 Å². The maximum Gasteiger partial charge on any atom is 0.309 e. The predicted molar refractivity (Wildman–Crippen MR) is 56.9 cm³/mol. The molecule has 4 heteroatoms. The van der Waals surface area contributed by atoms with E-state index in [0.29, 0.717) is 11.8 Å². The van der Waals surface area contributed by atoms with E-state index in [1.807, 2.05) is 0 Å². The summed E-state index contributed by atoms with van der Waals surface area (Å²) in [5.74, 6) is -1.45. The van der Waals surface area contributed by atoms with E-state index >= 15 is 0 Å². The number of halogens is 1. The molecule has 0 fully saturated rings. The molecule has 0 saturated carbocycles. The van der Waals surface area contributed by atoms with Crippen LogP contribution in [0.4, 0.5) is 4.39 Å². The monoisotopic (exact) mass is 224 g/mol. The van der Waals surface area contributed by atoms with E-state index in [1.165, 1.54) is 12.1 Å². The smallest absolute Gasteiger partial charge is 0.309 e. The van der Waals surface area contributed by atoms with Gasteiger partial charge in [-0.15, -0.1) is 0 Å². The Morgan fingerprint density at radius 1 is 1.50 bits per heavy atom. The number of hydrogen-bond donors (Lipinski definition) is 1. The lowest BCUT2D eigenvalue weighted by atomic mass is 9.84. The van der Waals surface area contributed by atoms with Crippen molar-refractivity contribution >= 4 is 12.3 Å². The van der Waals surface area contributed by atoms with Crippen molar-refractivity contribution in [3.05, 3.63) is 35.1 Å². The SMILES string of the molecule is CC(C)(Cc1ccc(F)cc1C=O)C(=O)O. The molecule has 86 valence electrons. The second-order valence-corrected chi connectivity index (χ2v) is 4.33. The van der Waals surface area contributed by atoms with Gasteiger partial charge in [-0.05, 0) is 38.0 Å². The van der Waals surface area contributed by atoms with Crippen LogP contribution in [0.5, 0.6) is 0 Å². The molecule has 0 saturated heterocycles. The maximum absolute atomic E-state index is 12.9. The molecule has 0 bridgehead atoms. The number of carboxylic acids is 1. The molecular formula is C12H13FO3. The van der Waals surface area contributed by atoms with Gasteiger partial charge in [0.1, 0.15) is 12.1 Å². The van der Waals surface area contributed by atoms with E-state index in [2.05, 4.69) is 0 Å². The highest BCUT2D eigenvalue weighted by Gasteiger charge is 2.28. The molecule has 0 atom stereocenters. The molecule has 1 rings (SSSR count). The Bertz CT molecular complexity index is 424. The van der Waals surface area contributed by atoms with Crippen molar-refractivity contribution in [1.29, 1.82) is 0 Å². The summed E-state index contributed by atoms with van der Waals surface area (Å²) in [6, 6.07) is 3.78. The van der Waals surface area contributed by atoms with Crippen LogP contribution in [0.25, 0.3) is 0 Å². The number of aliphatic carboxylic acids is 1. The van der Waals surface area contributed by atoms with Gasteiger partial charge in [0.05, 0.1) is 5.41 Å². The average Bonchev–Trinajstić information content (AvgIpc) is 2.20. The highest BCUT2D eigenvalue weighted by atomic mass is 19.1. The molecule has 0 spiro atoms. The van der Waals surface area contributed by atoms with Crippen LogP contribution < -0.4 is 0 Å². The first-order valence-electron chi connectivity index (χ1n) is 4.84. The van der Waals surface area contributed by atoms with E-state index in [-0.39, 0.29) is 12.0 Å². The van der Waals surface area contributed by atoms with Crippen LogP contribution in [-0.4, -0.2) is 17.4 Å². The second-order valence-electron chi connectivity index (χ2n) is 4.33. The third-order valence-corrected chi connectivity index (χ3v) is 2.45. The summed E-state index contributed by atoms with van der Waals surface area (Å²) in [4.78, 5) is 21.7. The summed E-state index contributed by atoms with van der Waals surface area (Å²) < 4.78 is 12.9. The van der Waals surface area contributed by atoms with E-state index < -0.39 is 17.2 Å². The second kappa shape index (κ2) is 4.43. The molecule has 1 aromatic carbocycles. The van der Waals surface area contributed by atoms with Crippen molar-refractivity contribution in [2.75, 3.05) is 0 Å². The molecular weight excluding hydrogens is 211 g/mol. The summed E-state index contributed by atoms with van der Waals surface area (Å²) in [6.07, 6.45) is 0.729. The van der Waals surface area contributed by atoms with Crippen LogP contribution in [0.3, 0.4) is 0 Å². The lowest BCUT2D eigenvalue weighted by molar-refractivity contribution is -0.146. The molecule has 1 N–H and O–H groups in total. The normalized spacial score (nSPS) is 11.2. The van der Waals surface area contributed by atoms with Crippen LogP contribution in [-0.2, 0) is 11.2 Å². The van der Waals surface area contributed by atoms with E-state index in [1.54, 1.807) is 13.8 Å². The van der Waals surface area contributed by atoms with E-state index in [0.717, 1.165) is 6.07 Å². The van der Waals surface area contributed by atoms with Crippen LogP contribution in [0.1, 0.15) is 29.8 Å². The number of aldehydes is 1. The Hall–Kier alpha value is -1.71. The first kappa shape index (κ1) is 12.4. The zero-order chi connectivity index (χ0) is 12.3. The largest absolute Gasteiger partial charge is 0.481 e. The Balaban J connectivity index is 3.06. The first-order chi connectivity index (χ1) is 7.36. The zero-order valence-corrected chi connectivity index (χ0v) is 9.16. The van der Waals surface area contributed by atoms with Gasteiger partial charge in [0.2, 0.25) is 0 Å². The van der Waals surface area contributed by atoms with Gasteiger partial charge in [-0.1, -0.05) is 6.07 Å². The number of hydrogen-bond acceptors (Lipinski definition) is 2. The van der Waals surface area contributed by atoms with Gasteiger partial charge in [0.25, 0.3) is 0 Å². The number of rotatable bonds is 4. The third kappa shape index (κ3) is 2.66. The van der Waals surface area contributed by atoms with Crippen LogP contribution in [0.2, 0.25) is 0 Å². The molecule has 0 aliphatic carbocycles. The Morgan fingerprint density at radius 2 is 2.12 bits per heavy atom. The van der Waals surface area contributed by atoms with Crippen LogP contribution in [0, 0.1) is 11.2 Å². The molecule has 3 nitrogen and oxygen atoms in total. The van der Waals surface area contributed by atoms with Crippen LogP contribution in [0.15, 0.2) is 18.2 Å². The van der Waals surface area contributed by atoms with Crippen molar-refractivity contribution in [2.24, 2.45) is 5.41 Å². The quantitative estimate of drug-likeness (QED) is 0.798. The van der Waals surface area contributed by atoms with Gasteiger partial charge in [-0.2, -0.15) is 0 Å². The number of carbonyl (C=O) groups is 2. The maximum atomic E-state index is 12.9. The number of carbonyl (C=O) groups excluding carboxylic acids is 1. The summed E-state index contributed by atoms with van der Waals surface area (Å²) >= 11 is 0. The van der Waals surface area contributed by atoms with E-state index in [9.17, 15) is 14.0 Å². The van der Waals surface area contributed by atoms with Crippen LogP contribution >= 0.6 is 0 Å². The topological polar surface area (TPSA) is 54.4 Å². The molecule has 0 radical (unpaired) electrons. The minimum Gasteiger partial charge on any atom is -0.481 e. The summed E-state index contributed by atoms with van der Waals surface area (Å²) in [7, 11) is 0. The van der Waals surface area contributed by atoms with Gasteiger partial charge in [-0.25, -0.2) is 4.39 Å². The zero-order valence-electron chi connectivity index (χ0n) is 9.16. The van der Waals surface area contributed by atoms with Gasteiger partial charge in [-0.3, -0.25) is 9.59 Å². The lowest BCUT2D eigenvalue weighted by Crippen LogP contribution is -2.26. The molecule has 0 aliphatic heterocycles. The summed E-state index contributed by atoms with van der Waals surface area (Å²) in [5.41, 5.74) is -0.228. The van der Waals surface area contributed by atoms with E-state index in [4.69, 9.17) is 5.11 Å². The predicted octanol–water partition coefficient (Wildman–Crippen LogP) is 2.29. The molecule has 1 aromatic rings. The van der Waals surface area contributed by atoms with Gasteiger partial charge in [0, 0.05) is 5.56 Å². The molecule has 0 heterocycles. The standard InChI is InChI=1S/C12H13FO3/c1-12(2,11(15)16)6-8-3-4-10(13)5-9(8)7-14/h3-5,7H,6H2,1-2H3,(H,15,16). The number of benzene rings is 1. The van der Waals surface area contributed by atoms with Gasteiger partial charge >= 0.3 is 5.97 Å². The molecule has 0 aliphatic rings. The first-order valence-corrected chi connectivity index (χ1v) is 4.84. The summed E-state index contributed by atoms with van der Waals surface area (Å²) in [6.45, 7) is 3.13. The third-order valence-electron chi connectivity index (χ3n) is 2.45. The van der Waals surface area contributed by atoms with Crippen molar-refractivity contribution in [2.45, 2.75) is 20.3 Å². The van der Waals surface area contributed by atoms with Crippen molar-refractivity contribution in [1.82, 2.24) is 0 Å². The Labute approximate surface area is 92.9 Å². The van der Waals surface area contributed by atoms with Gasteiger partial charge in [0.15, 0.2) is 0 Å². The Kier molecular flexibility index (Phi) is 3.42. The molecule has 16 heavy (non-hydrogen) atoms. The fraction of sp³-hybridized carbons (Fsp3) is 0.333. The lowest BCUT2D eigenvalue weighted by Gasteiger charge is -2.19. The van der Waals surface area contributed by atoms with Crippen molar-refractivity contribution in [3.8, 4) is 0 Å². The molecule has 0 unspecified atom stereocenters. The Morgan fingerprint density at radius 3 is 2.62 bits per heavy atom. The van der Waals surface area contributed by atoms with Gasteiger partial charge < -0.3 is 5.11 Å². The highest BCUT2D eigenvalue weighted by Crippen LogP contribution is 2.24.